The number of ether oxygens (including phenoxy) is 2. The van der Waals surface area contributed by atoms with Crippen LogP contribution >= 0.6 is 0 Å². The van der Waals surface area contributed by atoms with E-state index in [0.717, 1.165) is 14.0 Å². The number of nitro benzene ring substituents is 1. The van der Waals surface area contributed by atoms with Gasteiger partial charge in [0.2, 0.25) is 5.75 Å². The molecule has 3 aromatic rings. The third-order valence-corrected chi connectivity index (χ3v) is 4.40. The molecule has 1 heterocycles. The number of para-hydroxylation sites is 2. The van der Waals surface area contributed by atoms with Crippen molar-refractivity contribution < 1.29 is 36.8 Å². The van der Waals surface area contributed by atoms with E-state index >= 15 is 0 Å². The summed E-state index contributed by atoms with van der Waals surface area (Å²) in [4.78, 5) is 46.5. The number of nitro groups is 1. The van der Waals surface area contributed by atoms with Crippen molar-refractivity contribution in [1.29, 1.82) is 0 Å². The van der Waals surface area contributed by atoms with Gasteiger partial charge in [0.25, 0.3) is 5.56 Å². The lowest BCUT2D eigenvalue weighted by Gasteiger charge is -2.15. The van der Waals surface area contributed by atoms with Gasteiger partial charge in [-0.25, -0.2) is 13.8 Å². The average molecular weight is 483 g/mol. The van der Waals surface area contributed by atoms with Gasteiger partial charge in [-0.15, -0.1) is 0 Å². The maximum absolute atomic E-state index is 14.7. The minimum atomic E-state index is -5.05. The summed E-state index contributed by atoms with van der Waals surface area (Å²) in [6.45, 7) is 1.09. The monoisotopic (exact) mass is 483 g/mol. The molecule has 0 spiro atoms. The number of aromatic nitrogens is 2. The summed E-state index contributed by atoms with van der Waals surface area (Å²) in [5, 5.41) is 11.4. The highest BCUT2D eigenvalue weighted by atomic mass is 19.4. The van der Waals surface area contributed by atoms with Gasteiger partial charge >= 0.3 is 23.5 Å². The highest BCUT2D eigenvalue weighted by Gasteiger charge is 2.35. The number of alkyl halides is 3. The number of halogens is 4. The van der Waals surface area contributed by atoms with Crippen LogP contribution in [0.4, 0.5) is 23.2 Å². The number of rotatable bonds is 5. The van der Waals surface area contributed by atoms with Crippen LogP contribution in [0.1, 0.15) is 12.6 Å². The molecule has 0 saturated carbocycles. The summed E-state index contributed by atoms with van der Waals surface area (Å²) in [5.74, 6) is -3.25. The topological polar surface area (TPSA) is 123 Å². The van der Waals surface area contributed by atoms with Gasteiger partial charge in [0.05, 0.1) is 16.7 Å². The highest BCUT2D eigenvalue weighted by molar-refractivity contribution is 5.70. The maximum Gasteiger partial charge on any atom is 0.431 e. The van der Waals surface area contributed by atoms with E-state index < -0.39 is 57.0 Å². The van der Waals surface area contributed by atoms with Crippen molar-refractivity contribution in [3.05, 3.63) is 84.9 Å². The van der Waals surface area contributed by atoms with E-state index in [1.54, 1.807) is 0 Å². The molecular weight excluding hydrogens is 470 g/mol. The average Bonchev–Trinajstić information content (AvgIpc) is 2.72. The predicted octanol–water partition coefficient (Wildman–Crippen LogP) is 3.32. The van der Waals surface area contributed by atoms with Gasteiger partial charge in [-0.05, 0) is 12.1 Å². The molecule has 1 aromatic heterocycles. The van der Waals surface area contributed by atoms with Crippen molar-refractivity contribution in [2.75, 3.05) is 0 Å². The molecule has 0 radical (unpaired) electrons. The molecule has 0 N–H and O–H groups in total. The lowest BCUT2D eigenvalue weighted by atomic mass is 10.2. The number of hydrogen-bond donors (Lipinski definition) is 0. The van der Waals surface area contributed by atoms with Crippen LogP contribution in [0.15, 0.2) is 52.1 Å². The molecule has 10 nitrogen and oxygen atoms in total. The molecule has 0 aliphatic heterocycles. The van der Waals surface area contributed by atoms with Gasteiger partial charge in [0.1, 0.15) is 5.69 Å². The Morgan fingerprint density at radius 1 is 1.06 bits per heavy atom. The number of nitrogens with zero attached hydrogens (tertiary/aromatic N) is 3. The largest absolute Gasteiger partial charge is 0.446 e. The summed E-state index contributed by atoms with van der Waals surface area (Å²) >= 11 is 0. The fourth-order valence-electron chi connectivity index (χ4n) is 2.94. The van der Waals surface area contributed by atoms with E-state index in [-0.39, 0.29) is 26.7 Å². The van der Waals surface area contributed by atoms with Gasteiger partial charge in [-0.2, -0.15) is 13.2 Å². The Morgan fingerprint density at radius 2 is 1.68 bits per heavy atom. The highest BCUT2D eigenvalue weighted by Crippen LogP contribution is 2.38. The molecule has 0 atom stereocenters. The Bertz CT molecular complexity index is 1430. The molecule has 0 aliphatic carbocycles. The normalized spacial score (nSPS) is 11.2. The quantitative estimate of drug-likeness (QED) is 0.179. The zero-order valence-electron chi connectivity index (χ0n) is 17.3. The number of carbonyl (C=O) groups excluding carboxylic acids is 1. The van der Waals surface area contributed by atoms with Crippen molar-refractivity contribution >= 4 is 11.7 Å². The third-order valence-electron chi connectivity index (χ3n) is 4.40. The number of carbonyl (C=O) groups is 1. The van der Waals surface area contributed by atoms with Gasteiger partial charge in [0, 0.05) is 26.1 Å². The van der Waals surface area contributed by atoms with Crippen LogP contribution < -0.4 is 20.7 Å². The van der Waals surface area contributed by atoms with Crippen LogP contribution in [0.25, 0.3) is 5.69 Å². The van der Waals surface area contributed by atoms with Crippen molar-refractivity contribution in [1.82, 2.24) is 9.13 Å². The summed E-state index contributed by atoms with van der Waals surface area (Å²) in [6.07, 6.45) is -5.05. The SMILES string of the molecule is CC(=O)Oc1ccccc1Oc1cc(-n2c(=O)cc(C(F)(F)F)n(C)c2=O)c(F)cc1[N+](=O)[O-]. The van der Waals surface area contributed by atoms with Crippen LogP contribution in [0.3, 0.4) is 0 Å². The Hall–Kier alpha value is -4.49. The van der Waals surface area contributed by atoms with Crippen LogP contribution in [0, 0.1) is 15.9 Å². The molecular formula is C20H13F4N3O7. The first-order valence-corrected chi connectivity index (χ1v) is 9.15. The maximum atomic E-state index is 14.7. The van der Waals surface area contributed by atoms with Crippen LogP contribution in [0.5, 0.6) is 17.2 Å². The second kappa shape index (κ2) is 8.80. The molecule has 178 valence electrons. The first-order chi connectivity index (χ1) is 15.8. The molecule has 0 unspecified atom stereocenters. The lowest BCUT2D eigenvalue weighted by Crippen LogP contribution is -2.41. The molecule has 14 heteroatoms. The minimum absolute atomic E-state index is 0.0686. The molecule has 34 heavy (non-hydrogen) atoms. The lowest BCUT2D eigenvalue weighted by molar-refractivity contribution is -0.385. The van der Waals surface area contributed by atoms with Crippen LogP contribution in [-0.2, 0) is 18.0 Å². The molecule has 0 amide bonds. The molecule has 0 aliphatic rings. The fraction of sp³-hybridized carbons (Fsp3) is 0.150. The third kappa shape index (κ3) is 4.65. The number of esters is 1. The summed E-state index contributed by atoms with van der Waals surface area (Å²) in [7, 11) is 0.719. The van der Waals surface area contributed by atoms with Crippen LogP contribution in [-0.4, -0.2) is 20.0 Å². The zero-order chi connectivity index (χ0) is 25.4. The number of hydrogen-bond acceptors (Lipinski definition) is 7. The Labute approximate surface area is 186 Å². The first-order valence-electron chi connectivity index (χ1n) is 9.15. The minimum Gasteiger partial charge on any atom is -0.446 e. The van der Waals surface area contributed by atoms with E-state index in [2.05, 4.69) is 0 Å². The summed E-state index contributed by atoms with van der Waals surface area (Å²) in [6, 6.07) is 6.46. The van der Waals surface area contributed by atoms with Gasteiger partial charge in [-0.1, -0.05) is 12.1 Å². The second-order valence-corrected chi connectivity index (χ2v) is 6.71. The molecule has 0 fully saturated rings. The number of benzene rings is 2. The Morgan fingerprint density at radius 3 is 2.24 bits per heavy atom. The van der Waals surface area contributed by atoms with Crippen molar-refractivity contribution in [3.8, 4) is 22.9 Å². The first kappa shape index (κ1) is 24.2. The molecule has 0 bridgehead atoms. The Balaban J connectivity index is 2.25. The van der Waals surface area contributed by atoms with Crippen LogP contribution in [0.2, 0.25) is 0 Å². The van der Waals surface area contributed by atoms with Gasteiger partial charge in [-0.3, -0.25) is 24.3 Å². The molecule has 2 aromatic carbocycles. The van der Waals surface area contributed by atoms with Crippen molar-refractivity contribution in [3.63, 3.8) is 0 Å². The van der Waals surface area contributed by atoms with Gasteiger partial charge < -0.3 is 9.47 Å². The standard InChI is InChI=1S/C20H13F4N3O7/c1-10(28)33-14-5-3-4-6-15(14)34-16-8-12(11(21)7-13(16)27(31)32)26-18(29)9-17(20(22,23)24)25(2)19(26)30/h3-9H,1-2H3. The van der Waals surface area contributed by atoms with E-state index in [9.17, 15) is 42.1 Å². The van der Waals surface area contributed by atoms with E-state index in [1.165, 1.54) is 24.3 Å². The summed E-state index contributed by atoms with van der Waals surface area (Å²) < 4.78 is 64.5. The van der Waals surface area contributed by atoms with E-state index in [1.807, 2.05) is 0 Å². The molecule has 0 saturated heterocycles. The van der Waals surface area contributed by atoms with Crippen molar-refractivity contribution in [2.45, 2.75) is 13.1 Å². The zero-order valence-corrected chi connectivity index (χ0v) is 17.3. The molecule has 3 rings (SSSR count). The predicted molar refractivity (Wildman–Crippen MR) is 107 cm³/mol. The summed E-state index contributed by atoms with van der Waals surface area (Å²) in [5.41, 5.74) is -6.50. The fourth-order valence-corrected chi connectivity index (χ4v) is 2.94. The van der Waals surface area contributed by atoms with E-state index in [4.69, 9.17) is 9.47 Å². The van der Waals surface area contributed by atoms with Gasteiger partial charge in [0.15, 0.2) is 17.3 Å². The second-order valence-electron chi connectivity index (χ2n) is 6.71. The Kier molecular flexibility index (Phi) is 6.25. The smallest absolute Gasteiger partial charge is 0.431 e. The van der Waals surface area contributed by atoms with Crippen molar-refractivity contribution in [2.24, 2.45) is 7.05 Å². The van der Waals surface area contributed by atoms with E-state index in [0.29, 0.717) is 12.1 Å².